The number of aromatic hydroxyl groups is 1. The molecule has 0 saturated carbocycles. The van der Waals surface area contributed by atoms with Gasteiger partial charge in [-0.15, -0.1) is 0 Å². The van der Waals surface area contributed by atoms with Crippen molar-refractivity contribution in [1.82, 2.24) is 10.2 Å². The first-order chi connectivity index (χ1) is 11.4. The van der Waals surface area contributed by atoms with Crippen LogP contribution in [-0.4, -0.2) is 48.1 Å². The fourth-order valence-corrected chi connectivity index (χ4v) is 3.17. The summed E-state index contributed by atoms with van der Waals surface area (Å²) in [6, 6.07) is 3.62. The van der Waals surface area contributed by atoms with E-state index in [0.29, 0.717) is 22.2 Å². The summed E-state index contributed by atoms with van der Waals surface area (Å²) in [7, 11) is 3.01. The normalized spacial score (nSPS) is 17.6. The van der Waals surface area contributed by atoms with E-state index < -0.39 is 12.0 Å². The van der Waals surface area contributed by atoms with Crippen molar-refractivity contribution >= 4 is 27.9 Å². The molecule has 0 radical (unpaired) electrons. The number of urea groups is 1. The predicted molar refractivity (Wildman–Crippen MR) is 91.1 cm³/mol. The number of rotatable bonds is 5. The van der Waals surface area contributed by atoms with Gasteiger partial charge in [-0.1, -0.05) is 22.0 Å². The molecule has 24 heavy (non-hydrogen) atoms. The average molecular weight is 399 g/mol. The van der Waals surface area contributed by atoms with E-state index in [-0.39, 0.29) is 24.1 Å². The van der Waals surface area contributed by atoms with E-state index in [1.807, 2.05) is 0 Å². The zero-order valence-corrected chi connectivity index (χ0v) is 15.2. The number of benzene rings is 1. The highest BCUT2D eigenvalue weighted by molar-refractivity contribution is 9.09. The molecular weight excluding hydrogens is 380 g/mol. The summed E-state index contributed by atoms with van der Waals surface area (Å²) in [5, 5.41) is 12.8. The Morgan fingerprint density at radius 1 is 1.46 bits per heavy atom. The van der Waals surface area contributed by atoms with Crippen LogP contribution in [0.4, 0.5) is 4.79 Å². The smallest absolute Gasteiger partial charge is 0.338 e. The monoisotopic (exact) mass is 398 g/mol. The molecule has 1 aromatic rings. The SMILES string of the molecule is CCOC(=O)C1=C(CBr)N(C)C(=O)N[C@@H]1c1ccc(O)c(OC)c1. The molecule has 2 amide bonds. The number of hydrogen-bond acceptors (Lipinski definition) is 5. The molecule has 8 heteroatoms. The fourth-order valence-electron chi connectivity index (χ4n) is 2.49. The van der Waals surface area contributed by atoms with E-state index >= 15 is 0 Å². The lowest BCUT2D eigenvalue weighted by Crippen LogP contribution is -2.47. The largest absolute Gasteiger partial charge is 0.504 e. The lowest BCUT2D eigenvalue weighted by atomic mass is 9.94. The van der Waals surface area contributed by atoms with Crippen LogP contribution >= 0.6 is 15.9 Å². The molecule has 1 aromatic carbocycles. The fraction of sp³-hybridized carbons (Fsp3) is 0.375. The lowest BCUT2D eigenvalue weighted by Gasteiger charge is -2.34. The molecule has 2 N–H and O–H groups in total. The molecule has 2 rings (SSSR count). The van der Waals surface area contributed by atoms with Crippen LogP contribution in [0.2, 0.25) is 0 Å². The lowest BCUT2D eigenvalue weighted by molar-refractivity contribution is -0.139. The number of hydrogen-bond donors (Lipinski definition) is 2. The van der Waals surface area contributed by atoms with Gasteiger partial charge in [-0.25, -0.2) is 9.59 Å². The van der Waals surface area contributed by atoms with Crippen molar-refractivity contribution in [3.05, 3.63) is 35.0 Å². The van der Waals surface area contributed by atoms with Crippen molar-refractivity contribution in [1.29, 1.82) is 0 Å². The van der Waals surface area contributed by atoms with Crippen LogP contribution in [0.1, 0.15) is 18.5 Å². The van der Waals surface area contributed by atoms with Crippen molar-refractivity contribution < 1.29 is 24.2 Å². The van der Waals surface area contributed by atoms with E-state index in [1.165, 1.54) is 18.1 Å². The summed E-state index contributed by atoms with van der Waals surface area (Å²) in [6.07, 6.45) is 0. The summed E-state index contributed by atoms with van der Waals surface area (Å²) in [5.41, 5.74) is 1.46. The first-order valence-corrected chi connectivity index (χ1v) is 8.43. The van der Waals surface area contributed by atoms with E-state index in [9.17, 15) is 14.7 Å². The molecule has 0 aromatic heterocycles. The third-order valence-electron chi connectivity index (χ3n) is 3.74. The first kappa shape index (κ1) is 18.1. The Hall–Kier alpha value is -2.22. The van der Waals surface area contributed by atoms with Crippen LogP contribution in [-0.2, 0) is 9.53 Å². The van der Waals surface area contributed by atoms with Gasteiger partial charge in [-0.2, -0.15) is 0 Å². The Bertz CT molecular complexity index is 689. The number of nitrogens with one attached hydrogen (secondary N) is 1. The van der Waals surface area contributed by atoms with Gasteiger partial charge in [-0.3, -0.25) is 4.90 Å². The molecule has 0 saturated heterocycles. The van der Waals surface area contributed by atoms with Crippen LogP contribution in [0.5, 0.6) is 11.5 Å². The summed E-state index contributed by atoms with van der Waals surface area (Å²) in [6.45, 7) is 1.94. The maximum absolute atomic E-state index is 12.5. The highest BCUT2D eigenvalue weighted by Crippen LogP contribution is 2.35. The summed E-state index contributed by atoms with van der Waals surface area (Å²) < 4.78 is 10.3. The van der Waals surface area contributed by atoms with Gasteiger partial charge in [0.05, 0.1) is 25.3 Å². The highest BCUT2D eigenvalue weighted by atomic mass is 79.9. The van der Waals surface area contributed by atoms with Gasteiger partial charge < -0.3 is 19.9 Å². The van der Waals surface area contributed by atoms with Gasteiger partial charge in [0.25, 0.3) is 0 Å². The number of methoxy groups -OCH3 is 1. The quantitative estimate of drug-likeness (QED) is 0.586. The van der Waals surface area contributed by atoms with Crippen molar-refractivity contribution in [3.8, 4) is 11.5 Å². The van der Waals surface area contributed by atoms with Gasteiger partial charge in [0.2, 0.25) is 0 Å². The first-order valence-electron chi connectivity index (χ1n) is 7.31. The van der Waals surface area contributed by atoms with Crippen molar-refractivity contribution in [2.24, 2.45) is 0 Å². The number of phenolic OH excluding ortho intramolecular Hbond substituents is 1. The number of carbonyl (C=O) groups is 2. The standard InChI is InChI=1S/C16H19BrN2O5/c1-4-24-15(21)13-10(8-17)19(2)16(22)18-14(13)9-5-6-11(20)12(7-9)23-3/h5-7,14,20H,4,8H2,1-3H3,(H,18,22)/t14-/m1/s1. The summed E-state index contributed by atoms with van der Waals surface area (Å²) in [5.74, 6) is -0.275. The minimum absolute atomic E-state index is 0.0251. The molecule has 130 valence electrons. The van der Waals surface area contributed by atoms with E-state index in [1.54, 1.807) is 26.1 Å². The second kappa shape index (κ2) is 7.57. The summed E-state index contributed by atoms with van der Waals surface area (Å²) in [4.78, 5) is 26.1. The van der Waals surface area contributed by atoms with Crippen LogP contribution in [0.25, 0.3) is 0 Å². The highest BCUT2D eigenvalue weighted by Gasteiger charge is 2.36. The molecule has 1 atom stereocenters. The molecule has 0 spiro atoms. The zero-order valence-electron chi connectivity index (χ0n) is 13.6. The average Bonchev–Trinajstić information content (AvgIpc) is 2.57. The second-order valence-electron chi connectivity index (χ2n) is 5.09. The van der Waals surface area contributed by atoms with E-state index in [4.69, 9.17) is 9.47 Å². The Balaban J connectivity index is 2.58. The Labute approximate surface area is 148 Å². The number of halogens is 1. The number of ether oxygens (including phenoxy) is 2. The molecule has 0 fully saturated rings. The number of amides is 2. The molecule has 0 unspecified atom stereocenters. The molecule has 1 aliphatic heterocycles. The third-order valence-corrected chi connectivity index (χ3v) is 4.27. The summed E-state index contributed by atoms with van der Waals surface area (Å²) >= 11 is 3.33. The van der Waals surface area contributed by atoms with Crippen LogP contribution in [0.15, 0.2) is 29.5 Å². The maximum Gasteiger partial charge on any atom is 0.338 e. The Morgan fingerprint density at radius 2 is 2.17 bits per heavy atom. The number of nitrogens with zero attached hydrogens (tertiary/aromatic N) is 1. The Morgan fingerprint density at radius 3 is 2.75 bits per heavy atom. The van der Waals surface area contributed by atoms with Crippen molar-refractivity contribution in [3.63, 3.8) is 0 Å². The van der Waals surface area contributed by atoms with Gasteiger partial charge >= 0.3 is 12.0 Å². The third kappa shape index (κ3) is 3.33. The number of esters is 1. The van der Waals surface area contributed by atoms with Crippen molar-refractivity contribution in [2.45, 2.75) is 13.0 Å². The molecule has 7 nitrogen and oxygen atoms in total. The van der Waals surface area contributed by atoms with Crippen molar-refractivity contribution in [2.75, 3.05) is 26.1 Å². The zero-order chi connectivity index (χ0) is 17.9. The topological polar surface area (TPSA) is 88.1 Å². The molecule has 0 aliphatic carbocycles. The Kier molecular flexibility index (Phi) is 5.71. The number of allylic oxidation sites excluding steroid dienone is 1. The van der Waals surface area contributed by atoms with Gasteiger partial charge in [0, 0.05) is 18.1 Å². The number of phenols is 1. The van der Waals surface area contributed by atoms with Crippen LogP contribution in [0.3, 0.4) is 0 Å². The van der Waals surface area contributed by atoms with Gasteiger partial charge in [-0.05, 0) is 24.6 Å². The molecule has 1 aliphatic rings. The predicted octanol–water partition coefficient (Wildman–Crippen LogP) is 2.31. The van der Waals surface area contributed by atoms with Crippen LogP contribution in [0, 0.1) is 0 Å². The molecule has 1 heterocycles. The second-order valence-corrected chi connectivity index (χ2v) is 5.65. The number of alkyl halides is 1. The van der Waals surface area contributed by atoms with Gasteiger partial charge in [0.1, 0.15) is 0 Å². The van der Waals surface area contributed by atoms with E-state index in [2.05, 4.69) is 21.2 Å². The minimum Gasteiger partial charge on any atom is -0.504 e. The van der Waals surface area contributed by atoms with Gasteiger partial charge in [0.15, 0.2) is 11.5 Å². The van der Waals surface area contributed by atoms with Crippen LogP contribution < -0.4 is 10.1 Å². The molecule has 0 bridgehead atoms. The maximum atomic E-state index is 12.5. The number of carbonyl (C=O) groups excluding carboxylic acids is 2. The van der Waals surface area contributed by atoms with E-state index in [0.717, 1.165) is 0 Å². The molecular formula is C16H19BrN2O5. The minimum atomic E-state index is -0.699.